The maximum absolute atomic E-state index is 13.1. The van der Waals surface area contributed by atoms with Crippen molar-refractivity contribution in [1.29, 1.82) is 0 Å². The fraction of sp³-hybridized carbons (Fsp3) is 0.440. The van der Waals surface area contributed by atoms with E-state index in [1.807, 2.05) is 57.2 Å². The molecule has 0 bridgehead atoms. The summed E-state index contributed by atoms with van der Waals surface area (Å²) in [6, 6.07) is 11.9. The number of nitrogens with one attached hydrogen (secondary N) is 1. The predicted octanol–water partition coefficient (Wildman–Crippen LogP) is 3.10. The number of sulfonamides is 1. The predicted molar refractivity (Wildman–Crippen MR) is 140 cm³/mol. The van der Waals surface area contributed by atoms with E-state index in [0.29, 0.717) is 24.3 Å². The lowest BCUT2D eigenvalue weighted by Crippen LogP contribution is -2.37. The fourth-order valence-electron chi connectivity index (χ4n) is 4.13. The van der Waals surface area contributed by atoms with Crippen LogP contribution in [0.25, 0.3) is 0 Å². The van der Waals surface area contributed by atoms with Gasteiger partial charge >= 0.3 is 0 Å². The first-order valence-electron chi connectivity index (χ1n) is 11.3. The van der Waals surface area contributed by atoms with Crippen molar-refractivity contribution in [3.63, 3.8) is 0 Å². The number of amides is 1. The third kappa shape index (κ3) is 6.58. The lowest BCUT2D eigenvalue weighted by atomic mass is 10.1. The number of carbonyl (C=O) groups is 1. The molecular formula is C25H35ClN4O3S. The molecule has 0 radical (unpaired) electrons. The van der Waals surface area contributed by atoms with Gasteiger partial charge < -0.3 is 10.2 Å². The van der Waals surface area contributed by atoms with Crippen LogP contribution in [0, 0.1) is 20.8 Å². The average molecular weight is 507 g/mol. The van der Waals surface area contributed by atoms with E-state index < -0.39 is 10.0 Å². The summed E-state index contributed by atoms with van der Waals surface area (Å²) in [6.07, 6.45) is 1.01. The molecule has 1 aliphatic rings. The molecule has 0 fully saturated rings. The van der Waals surface area contributed by atoms with Crippen LogP contribution in [0.5, 0.6) is 0 Å². The number of benzene rings is 2. The quantitative estimate of drug-likeness (QED) is 0.566. The highest BCUT2D eigenvalue weighted by Crippen LogP contribution is 2.24. The van der Waals surface area contributed by atoms with Gasteiger partial charge in [-0.25, -0.2) is 8.42 Å². The number of halogens is 1. The molecule has 186 valence electrons. The molecular weight excluding hydrogens is 472 g/mol. The Bertz CT molecular complexity index is 1120. The Kier molecular flexibility index (Phi) is 9.67. The van der Waals surface area contributed by atoms with E-state index in [4.69, 9.17) is 0 Å². The largest absolute Gasteiger partial charge is 0.368 e. The molecule has 3 rings (SSSR count). The van der Waals surface area contributed by atoms with Gasteiger partial charge in [0.05, 0.1) is 11.4 Å². The van der Waals surface area contributed by atoms with Crippen LogP contribution in [0.1, 0.15) is 34.2 Å². The Balaban J connectivity index is 0.00000408. The zero-order chi connectivity index (χ0) is 24.2. The molecule has 0 saturated heterocycles. The monoisotopic (exact) mass is 506 g/mol. The van der Waals surface area contributed by atoms with Crippen LogP contribution < -0.4 is 5.32 Å². The average Bonchev–Trinajstić information content (AvgIpc) is 3.29. The molecule has 0 spiro atoms. The second-order valence-electron chi connectivity index (χ2n) is 8.72. The first kappa shape index (κ1) is 27.8. The molecule has 0 aromatic heterocycles. The number of hydrogen-bond donors (Lipinski definition) is 1. The smallest absolute Gasteiger partial charge is 0.243 e. The minimum Gasteiger partial charge on any atom is -0.368 e. The van der Waals surface area contributed by atoms with E-state index in [2.05, 4.69) is 10.3 Å². The molecule has 2 aromatic rings. The topological polar surface area (TPSA) is 82.1 Å². The first-order valence-corrected chi connectivity index (χ1v) is 12.7. The summed E-state index contributed by atoms with van der Waals surface area (Å²) in [5.41, 5.74) is 4.67. The van der Waals surface area contributed by atoms with Gasteiger partial charge in [-0.1, -0.05) is 42.0 Å². The Morgan fingerprint density at radius 2 is 1.65 bits per heavy atom. The van der Waals surface area contributed by atoms with Crippen LogP contribution in [0.15, 0.2) is 46.3 Å². The summed E-state index contributed by atoms with van der Waals surface area (Å²) in [5, 5.41) is 3.25. The van der Waals surface area contributed by atoms with Crippen LogP contribution in [0.4, 0.5) is 0 Å². The molecule has 0 atom stereocenters. The van der Waals surface area contributed by atoms with Crippen molar-refractivity contribution in [2.45, 2.75) is 38.5 Å². The minimum atomic E-state index is -3.62. The summed E-state index contributed by atoms with van der Waals surface area (Å²) in [4.78, 5) is 19.0. The standard InChI is InChI=1S/C25H34N4O3S.ClH/c1-18-16-19(2)24(20(3)17-18)33(31,32)29(5)15-14-28(4)23(30)11-8-21-6-9-22(10-7-21)25-26-12-13-27-25;/h6-7,9-10,16-17H,8,11-15H2,1-5H3,(H,26,27);1H. The Morgan fingerprint density at radius 3 is 2.21 bits per heavy atom. The van der Waals surface area contributed by atoms with Gasteiger partial charge in [0.15, 0.2) is 0 Å². The van der Waals surface area contributed by atoms with Crippen LogP contribution in [0.3, 0.4) is 0 Å². The molecule has 2 aromatic carbocycles. The van der Waals surface area contributed by atoms with Crippen molar-refractivity contribution in [1.82, 2.24) is 14.5 Å². The molecule has 34 heavy (non-hydrogen) atoms. The zero-order valence-corrected chi connectivity index (χ0v) is 22.2. The highest BCUT2D eigenvalue weighted by molar-refractivity contribution is 7.89. The number of aryl methyl sites for hydroxylation is 4. The summed E-state index contributed by atoms with van der Waals surface area (Å²) in [7, 11) is -0.337. The van der Waals surface area contributed by atoms with Gasteiger partial charge in [-0.3, -0.25) is 9.79 Å². The lowest BCUT2D eigenvalue weighted by molar-refractivity contribution is -0.129. The zero-order valence-electron chi connectivity index (χ0n) is 20.6. The maximum Gasteiger partial charge on any atom is 0.243 e. The molecule has 0 aliphatic carbocycles. The highest BCUT2D eigenvalue weighted by atomic mass is 35.5. The van der Waals surface area contributed by atoms with Crippen molar-refractivity contribution < 1.29 is 13.2 Å². The molecule has 1 heterocycles. The summed E-state index contributed by atoms with van der Waals surface area (Å²) >= 11 is 0. The Hall–Kier alpha value is -2.42. The molecule has 1 aliphatic heterocycles. The number of carbonyl (C=O) groups excluding carboxylic acids is 1. The van der Waals surface area contributed by atoms with Crippen LogP contribution in [-0.2, 0) is 21.2 Å². The molecule has 1 amide bonds. The first-order chi connectivity index (χ1) is 15.6. The van der Waals surface area contributed by atoms with Crippen molar-refractivity contribution in [3.8, 4) is 0 Å². The minimum absolute atomic E-state index is 0. The van der Waals surface area contributed by atoms with Crippen LogP contribution in [0.2, 0.25) is 0 Å². The Labute approximate surface area is 209 Å². The number of amidine groups is 1. The number of nitrogens with zero attached hydrogens (tertiary/aromatic N) is 3. The normalized spacial score (nSPS) is 13.3. The van der Waals surface area contributed by atoms with E-state index >= 15 is 0 Å². The number of hydrogen-bond acceptors (Lipinski definition) is 5. The van der Waals surface area contributed by atoms with E-state index in [9.17, 15) is 13.2 Å². The number of aliphatic imine (C=N–C) groups is 1. The summed E-state index contributed by atoms with van der Waals surface area (Å²) in [5.74, 6) is 0.918. The second-order valence-corrected chi connectivity index (χ2v) is 10.7. The van der Waals surface area contributed by atoms with Gasteiger partial charge in [0, 0.05) is 45.7 Å². The van der Waals surface area contributed by atoms with Gasteiger partial charge in [0.2, 0.25) is 15.9 Å². The third-order valence-corrected chi connectivity index (χ3v) is 8.14. The van der Waals surface area contributed by atoms with Gasteiger partial charge in [-0.05, 0) is 43.9 Å². The molecule has 0 unspecified atom stereocenters. The molecule has 7 nitrogen and oxygen atoms in total. The van der Waals surface area contributed by atoms with Gasteiger partial charge in [-0.15, -0.1) is 12.4 Å². The van der Waals surface area contributed by atoms with Crippen molar-refractivity contribution in [2.24, 2.45) is 4.99 Å². The van der Waals surface area contributed by atoms with E-state index in [1.54, 1.807) is 19.0 Å². The number of likely N-dealkylation sites (N-methyl/N-ethyl adjacent to an activating group) is 2. The molecule has 9 heteroatoms. The van der Waals surface area contributed by atoms with Gasteiger partial charge in [0.1, 0.15) is 5.84 Å². The van der Waals surface area contributed by atoms with Crippen LogP contribution >= 0.6 is 12.4 Å². The maximum atomic E-state index is 13.1. The lowest BCUT2D eigenvalue weighted by Gasteiger charge is -2.24. The fourth-order valence-corrected chi connectivity index (χ4v) is 5.69. The third-order valence-electron chi connectivity index (χ3n) is 5.98. The number of rotatable bonds is 9. The van der Waals surface area contributed by atoms with Gasteiger partial charge in [-0.2, -0.15) is 4.31 Å². The second kappa shape index (κ2) is 11.8. The Morgan fingerprint density at radius 1 is 1.03 bits per heavy atom. The molecule has 0 saturated carbocycles. The highest BCUT2D eigenvalue weighted by Gasteiger charge is 2.25. The van der Waals surface area contributed by atoms with Crippen molar-refractivity contribution in [3.05, 3.63) is 64.2 Å². The van der Waals surface area contributed by atoms with E-state index in [1.165, 1.54) is 4.31 Å². The van der Waals surface area contributed by atoms with Crippen molar-refractivity contribution in [2.75, 3.05) is 40.3 Å². The van der Waals surface area contributed by atoms with E-state index in [-0.39, 0.29) is 24.9 Å². The summed E-state index contributed by atoms with van der Waals surface area (Å²) < 4.78 is 27.6. The SMILES string of the molecule is Cc1cc(C)c(S(=O)(=O)N(C)CCN(C)C(=O)CCc2ccc(C3=NCCN3)cc2)c(C)c1.Cl. The van der Waals surface area contributed by atoms with Crippen molar-refractivity contribution >= 4 is 34.2 Å². The van der Waals surface area contributed by atoms with E-state index in [0.717, 1.165) is 46.7 Å². The summed E-state index contributed by atoms with van der Waals surface area (Å²) in [6.45, 7) is 7.85. The van der Waals surface area contributed by atoms with Crippen LogP contribution in [-0.4, -0.2) is 69.6 Å². The molecule has 1 N–H and O–H groups in total. The van der Waals surface area contributed by atoms with Gasteiger partial charge in [0.25, 0.3) is 0 Å².